The Morgan fingerprint density at radius 1 is 1.09 bits per heavy atom. The van der Waals surface area contributed by atoms with Gasteiger partial charge in [-0.3, -0.25) is 0 Å². The van der Waals surface area contributed by atoms with Crippen LogP contribution in [-0.4, -0.2) is 11.5 Å². The lowest BCUT2D eigenvalue weighted by Gasteiger charge is -2.27. The number of benzene rings is 2. The molecule has 0 bridgehead atoms. The molecule has 116 valence electrons. The zero-order chi connectivity index (χ0) is 15.8. The van der Waals surface area contributed by atoms with E-state index in [4.69, 9.17) is 4.74 Å². The molecule has 0 fully saturated rings. The minimum absolute atomic E-state index is 0.301. The van der Waals surface area contributed by atoms with Gasteiger partial charge in [-0.25, -0.2) is 0 Å². The Morgan fingerprint density at radius 3 is 2.50 bits per heavy atom. The molecule has 3 rings (SSSR count). The first-order valence-corrected chi connectivity index (χ1v) is 9.44. The van der Waals surface area contributed by atoms with E-state index in [1.54, 1.807) is 0 Å². The summed E-state index contributed by atoms with van der Waals surface area (Å²) in [6.07, 6.45) is 0.301. The van der Waals surface area contributed by atoms with Crippen LogP contribution in [0.2, 0.25) is 0 Å². The first kappa shape index (κ1) is 15.2. The van der Waals surface area contributed by atoms with Crippen LogP contribution in [0.15, 0.2) is 48.5 Å². The highest BCUT2D eigenvalue weighted by molar-refractivity contribution is 7.73. The first-order chi connectivity index (χ1) is 10.4. The summed E-state index contributed by atoms with van der Waals surface area (Å²) in [5.41, 5.74) is 2.13. The number of fused-ring (bicyclic) bond motifs is 1. The van der Waals surface area contributed by atoms with Crippen molar-refractivity contribution >= 4 is 18.1 Å². The quantitative estimate of drug-likeness (QED) is 0.851. The summed E-state index contributed by atoms with van der Waals surface area (Å²) in [7, 11) is -2.59. The van der Waals surface area contributed by atoms with E-state index in [0.29, 0.717) is 12.9 Å². The Labute approximate surface area is 132 Å². The average Bonchev–Trinajstić information content (AvgIpc) is 2.86. The molecule has 0 aliphatic carbocycles. The Balaban J connectivity index is 1.95. The maximum absolute atomic E-state index is 13.5. The fourth-order valence-electron chi connectivity index (χ4n) is 2.70. The summed E-state index contributed by atoms with van der Waals surface area (Å²) in [6, 6.07) is 16.1. The number of hydrogen-bond acceptors (Lipinski definition) is 3. The highest BCUT2D eigenvalue weighted by Gasteiger charge is 2.46. The molecule has 2 aromatic carbocycles. The molecule has 1 N–H and O–H groups in total. The predicted molar refractivity (Wildman–Crippen MR) is 92.7 cm³/mol. The number of hydrogen-bond donors (Lipinski definition) is 1. The lowest BCUT2D eigenvalue weighted by Crippen LogP contribution is -2.24. The van der Waals surface area contributed by atoms with Crippen LogP contribution in [0.1, 0.15) is 26.3 Å². The molecule has 0 saturated heterocycles. The fourth-order valence-corrected chi connectivity index (χ4v) is 5.25. The molecule has 3 nitrogen and oxygen atoms in total. The third kappa shape index (κ3) is 2.55. The van der Waals surface area contributed by atoms with Crippen LogP contribution in [0.5, 0.6) is 5.75 Å². The van der Waals surface area contributed by atoms with Crippen molar-refractivity contribution in [2.75, 3.05) is 11.7 Å². The molecule has 0 spiro atoms. The van der Waals surface area contributed by atoms with Gasteiger partial charge in [0.2, 0.25) is 0 Å². The molecule has 2 aromatic rings. The van der Waals surface area contributed by atoms with E-state index in [-0.39, 0.29) is 5.16 Å². The van der Waals surface area contributed by atoms with Crippen molar-refractivity contribution in [1.29, 1.82) is 0 Å². The lowest BCUT2D eigenvalue weighted by atomic mass is 10.2. The summed E-state index contributed by atoms with van der Waals surface area (Å²) in [6.45, 7) is 6.79. The number of rotatable bonds is 3. The maximum Gasteiger partial charge on any atom is 0.161 e. The highest BCUT2D eigenvalue weighted by atomic mass is 31.2. The van der Waals surface area contributed by atoms with Gasteiger partial charge in [-0.05, 0) is 17.7 Å². The molecule has 1 heterocycles. The summed E-state index contributed by atoms with van der Waals surface area (Å²) in [4.78, 5) is 0. The molecule has 0 aromatic heterocycles. The van der Waals surface area contributed by atoms with Gasteiger partial charge in [-0.15, -0.1) is 0 Å². The third-order valence-electron chi connectivity index (χ3n) is 4.17. The molecule has 1 aliphatic heterocycles. The summed E-state index contributed by atoms with van der Waals surface area (Å²) >= 11 is 0. The minimum atomic E-state index is -2.59. The van der Waals surface area contributed by atoms with Gasteiger partial charge in [0.25, 0.3) is 0 Å². The smallest absolute Gasteiger partial charge is 0.161 e. The average molecular weight is 315 g/mol. The van der Waals surface area contributed by atoms with E-state index in [9.17, 15) is 4.57 Å². The topological polar surface area (TPSA) is 38.3 Å². The Hall–Kier alpha value is -1.73. The summed E-state index contributed by atoms with van der Waals surface area (Å²) in [5, 5.41) is 4.01. The van der Waals surface area contributed by atoms with Crippen LogP contribution in [0.25, 0.3) is 0 Å². The second kappa shape index (κ2) is 5.48. The van der Waals surface area contributed by atoms with Gasteiger partial charge in [-0.2, -0.15) is 0 Å². The maximum atomic E-state index is 13.5. The Bertz CT molecular complexity index is 720. The van der Waals surface area contributed by atoms with Crippen molar-refractivity contribution in [1.82, 2.24) is 0 Å². The van der Waals surface area contributed by atoms with E-state index in [2.05, 4.69) is 17.4 Å². The van der Waals surface area contributed by atoms with E-state index in [0.717, 1.165) is 16.7 Å². The van der Waals surface area contributed by atoms with Crippen molar-refractivity contribution in [3.05, 3.63) is 54.1 Å². The summed E-state index contributed by atoms with van der Waals surface area (Å²) < 4.78 is 19.3. The molecule has 0 radical (unpaired) electrons. The van der Waals surface area contributed by atoms with Gasteiger partial charge in [0.15, 0.2) is 7.14 Å². The largest absolute Gasteiger partial charge is 0.485 e. The molecule has 1 unspecified atom stereocenters. The standard InChI is InChI=1S/C18H22NO2P/c1-18(2,3)22(20)13-21-16-11-7-10-15(17(16)22)19-12-14-8-5-4-6-9-14/h4-11,19H,12-13H2,1-3H3. The van der Waals surface area contributed by atoms with Gasteiger partial charge < -0.3 is 14.6 Å². The van der Waals surface area contributed by atoms with Crippen LogP contribution < -0.4 is 15.4 Å². The second-order valence-electron chi connectivity index (χ2n) is 6.68. The van der Waals surface area contributed by atoms with Gasteiger partial charge in [0, 0.05) is 17.4 Å². The number of nitrogens with one attached hydrogen (secondary N) is 1. The Morgan fingerprint density at radius 2 is 1.82 bits per heavy atom. The van der Waals surface area contributed by atoms with Crippen LogP contribution >= 0.6 is 7.14 Å². The van der Waals surface area contributed by atoms with E-state index in [1.165, 1.54) is 5.56 Å². The minimum Gasteiger partial charge on any atom is -0.485 e. The zero-order valence-corrected chi connectivity index (χ0v) is 14.2. The van der Waals surface area contributed by atoms with E-state index < -0.39 is 7.14 Å². The molecule has 1 aliphatic rings. The number of anilines is 1. The van der Waals surface area contributed by atoms with Gasteiger partial charge >= 0.3 is 0 Å². The van der Waals surface area contributed by atoms with Gasteiger partial charge in [0.1, 0.15) is 12.1 Å². The molecule has 0 amide bonds. The molecular weight excluding hydrogens is 293 g/mol. The predicted octanol–water partition coefficient (Wildman–Crippen LogP) is 4.44. The highest BCUT2D eigenvalue weighted by Crippen LogP contribution is 2.62. The van der Waals surface area contributed by atoms with E-state index >= 15 is 0 Å². The molecule has 0 saturated carbocycles. The Kier molecular flexibility index (Phi) is 3.78. The van der Waals surface area contributed by atoms with Crippen LogP contribution in [0.4, 0.5) is 5.69 Å². The molecular formula is C18H22NO2P. The van der Waals surface area contributed by atoms with Crippen molar-refractivity contribution in [2.45, 2.75) is 32.5 Å². The first-order valence-electron chi connectivity index (χ1n) is 7.55. The third-order valence-corrected chi connectivity index (χ3v) is 8.02. The normalized spacial score (nSPS) is 20.3. The van der Waals surface area contributed by atoms with Crippen LogP contribution in [-0.2, 0) is 11.1 Å². The van der Waals surface area contributed by atoms with Crippen molar-refractivity contribution in [3.63, 3.8) is 0 Å². The van der Waals surface area contributed by atoms with Crippen LogP contribution in [0, 0.1) is 0 Å². The molecule has 4 heteroatoms. The molecule has 1 atom stereocenters. The van der Waals surface area contributed by atoms with Gasteiger partial charge in [0.05, 0.1) is 5.30 Å². The SMILES string of the molecule is CC(C)(C)P1(=O)COc2cccc(NCc3ccccc3)c21. The fraction of sp³-hybridized carbons (Fsp3) is 0.333. The second-order valence-corrected chi connectivity index (χ2v) is 10.2. The van der Waals surface area contributed by atoms with Crippen molar-refractivity contribution < 1.29 is 9.30 Å². The van der Waals surface area contributed by atoms with Crippen molar-refractivity contribution in [2.24, 2.45) is 0 Å². The van der Waals surface area contributed by atoms with Crippen LogP contribution in [0.3, 0.4) is 0 Å². The zero-order valence-electron chi connectivity index (χ0n) is 13.3. The van der Waals surface area contributed by atoms with E-state index in [1.807, 2.05) is 57.2 Å². The van der Waals surface area contributed by atoms with Crippen molar-refractivity contribution in [3.8, 4) is 5.75 Å². The monoisotopic (exact) mass is 315 g/mol. The number of ether oxygens (including phenoxy) is 1. The lowest BCUT2D eigenvalue weighted by molar-refractivity contribution is 0.389. The summed E-state index contributed by atoms with van der Waals surface area (Å²) in [5.74, 6) is 0.760. The van der Waals surface area contributed by atoms with Gasteiger partial charge in [-0.1, -0.05) is 57.2 Å². The molecule has 22 heavy (non-hydrogen) atoms.